The molecule has 25 heavy (non-hydrogen) atoms. The van der Waals surface area contributed by atoms with Crippen molar-refractivity contribution < 1.29 is 13.2 Å². The fraction of sp³-hybridized carbons (Fsp3) is 0.412. The van der Waals surface area contributed by atoms with E-state index < -0.39 is 10.0 Å². The van der Waals surface area contributed by atoms with Gasteiger partial charge in [-0.1, -0.05) is 42.4 Å². The molecule has 1 aromatic heterocycles. The molecule has 0 fully saturated rings. The van der Waals surface area contributed by atoms with E-state index in [-0.39, 0.29) is 15.9 Å². The zero-order valence-corrected chi connectivity index (χ0v) is 16.5. The van der Waals surface area contributed by atoms with Crippen molar-refractivity contribution in [1.82, 2.24) is 10.3 Å². The SMILES string of the molecule is CCCCNC(=O)c1sc(NS(=O)(=O)c2ccc(C)cc2C)nc1C. The number of rotatable bonds is 7. The molecule has 0 radical (unpaired) electrons. The second-order valence-corrected chi connectivity index (χ2v) is 8.57. The molecule has 1 amide bonds. The summed E-state index contributed by atoms with van der Waals surface area (Å²) in [6.07, 6.45) is 1.89. The van der Waals surface area contributed by atoms with Gasteiger partial charge in [0, 0.05) is 6.54 Å². The van der Waals surface area contributed by atoms with Crippen LogP contribution in [-0.2, 0) is 10.0 Å². The first-order valence-electron chi connectivity index (χ1n) is 8.10. The van der Waals surface area contributed by atoms with Gasteiger partial charge >= 0.3 is 0 Å². The quantitative estimate of drug-likeness (QED) is 0.720. The highest BCUT2D eigenvalue weighted by Crippen LogP contribution is 2.26. The summed E-state index contributed by atoms with van der Waals surface area (Å²) in [7, 11) is -3.74. The topological polar surface area (TPSA) is 88.2 Å². The zero-order valence-electron chi connectivity index (χ0n) is 14.8. The minimum atomic E-state index is -3.74. The van der Waals surface area contributed by atoms with Crippen LogP contribution in [0.25, 0.3) is 0 Å². The molecule has 0 spiro atoms. The van der Waals surface area contributed by atoms with E-state index in [9.17, 15) is 13.2 Å². The Morgan fingerprint density at radius 2 is 1.96 bits per heavy atom. The first kappa shape index (κ1) is 19.4. The lowest BCUT2D eigenvalue weighted by Crippen LogP contribution is -2.24. The van der Waals surface area contributed by atoms with Crippen molar-refractivity contribution in [3.63, 3.8) is 0 Å². The summed E-state index contributed by atoms with van der Waals surface area (Å²) in [6.45, 7) is 7.99. The Labute approximate surface area is 152 Å². The van der Waals surface area contributed by atoms with E-state index in [1.54, 1.807) is 26.0 Å². The molecule has 0 aliphatic heterocycles. The molecule has 0 saturated carbocycles. The Hall–Kier alpha value is -1.93. The summed E-state index contributed by atoms with van der Waals surface area (Å²) in [6, 6.07) is 5.14. The van der Waals surface area contributed by atoms with E-state index in [0.717, 1.165) is 29.7 Å². The number of carbonyl (C=O) groups is 1. The monoisotopic (exact) mass is 381 g/mol. The van der Waals surface area contributed by atoms with E-state index >= 15 is 0 Å². The number of anilines is 1. The number of amides is 1. The highest BCUT2D eigenvalue weighted by Gasteiger charge is 2.21. The van der Waals surface area contributed by atoms with Crippen LogP contribution in [0.5, 0.6) is 0 Å². The maximum atomic E-state index is 12.6. The van der Waals surface area contributed by atoms with E-state index in [4.69, 9.17) is 0 Å². The predicted molar refractivity (Wildman–Crippen MR) is 101 cm³/mol. The van der Waals surface area contributed by atoms with Crippen LogP contribution >= 0.6 is 11.3 Å². The first-order valence-corrected chi connectivity index (χ1v) is 10.4. The molecule has 8 heteroatoms. The lowest BCUT2D eigenvalue weighted by molar-refractivity contribution is 0.0956. The van der Waals surface area contributed by atoms with Gasteiger partial charge in [0.1, 0.15) is 4.88 Å². The Morgan fingerprint density at radius 1 is 1.24 bits per heavy atom. The number of sulfonamides is 1. The summed E-state index contributed by atoms with van der Waals surface area (Å²) in [5.41, 5.74) is 2.17. The van der Waals surface area contributed by atoms with Crippen molar-refractivity contribution >= 4 is 32.4 Å². The minimum absolute atomic E-state index is 0.193. The van der Waals surface area contributed by atoms with Crippen molar-refractivity contribution in [2.45, 2.75) is 45.4 Å². The van der Waals surface area contributed by atoms with Crippen molar-refractivity contribution in [2.75, 3.05) is 11.3 Å². The van der Waals surface area contributed by atoms with Crippen LogP contribution in [0.15, 0.2) is 23.1 Å². The number of unbranched alkanes of at least 4 members (excludes halogenated alkanes) is 1. The number of hydrogen-bond acceptors (Lipinski definition) is 5. The fourth-order valence-electron chi connectivity index (χ4n) is 2.38. The number of benzene rings is 1. The third-order valence-electron chi connectivity index (χ3n) is 3.66. The molecule has 0 unspecified atom stereocenters. The Balaban J connectivity index is 2.20. The van der Waals surface area contributed by atoms with Gasteiger partial charge in [-0.3, -0.25) is 9.52 Å². The van der Waals surface area contributed by atoms with Gasteiger partial charge in [0.15, 0.2) is 5.13 Å². The van der Waals surface area contributed by atoms with Crippen LogP contribution in [0, 0.1) is 20.8 Å². The van der Waals surface area contributed by atoms with Gasteiger partial charge < -0.3 is 5.32 Å². The number of thiazole rings is 1. The minimum Gasteiger partial charge on any atom is -0.351 e. The highest BCUT2D eigenvalue weighted by atomic mass is 32.2. The average Bonchev–Trinajstić information content (AvgIpc) is 2.86. The standard InChI is InChI=1S/C17H23N3O3S2/c1-5-6-9-18-16(21)15-13(4)19-17(24-15)20-25(22,23)14-8-7-11(2)10-12(14)3/h7-8,10H,5-6,9H2,1-4H3,(H,18,21)(H,19,20). The van der Waals surface area contributed by atoms with Gasteiger partial charge in [-0.05, 0) is 38.8 Å². The molecule has 2 rings (SSSR count). The van der Waals surface area contributed by atoms with Crippen LogP contribution < -0.4 is 10.0 Å². The van der Waals surface area contributed by atoms with E-state index in [1.807, 2.05) is 19.9 Å². The normalized spacial score (nSPS) is 11.4. The summed E-state index contributed by atoms with van der Waals surface area (Å²) >= 11 is 1.04. The molecule has 0 atom stereocenters. The molecule has 1 aromatic carbocycles. The molecule has 2 aromatic rings. The fourth-order valence-corrected chi connectivity index (χ4v) is 4.73. The Morgan fingerprint density at radius 3 is 2.60 bits per heavy atom. The highest BCUT2D eigenvalue weighted by molar-refractivity contribution is 7.93. The second kappa shape index (κ2) is 7.97. The zero-order chi connectivity index (χ0) is 18.6. The van der Waals surface area contributed by atoms with Crippen molar-refractivity contribution in [3.05, 3.63) is 39.9 Å². The van der Waals surface area contributed by atoms with Gasteiger partial charge in [-0.25, -0.2) is 13.4 Å². The maximum Gasteiger partial charge on any atom is 0.263 e. The summed E-state index contributed by atoms with van der Waals surface area (Å²) < 4.78 is 27.7. The van der Waals surface area contributed by atoms with Gasteiger partial charge in [0.05, 0.1) is 10.6 Å². The summed E-state index contributed by atoms with van der Waals surface area (Å²) in [5, 5.41) is 3.01. The number of nitrogens with one attached hydrogen (secondary N) is 2. The number of hydrogen-bond donors (Lipinski definition) is 2. The van der Waals surface area contributed by atoms with Crippen LogP contribution in [0.2, 0.25) is 0 Å². The summed E-state index contributed by atoms with van der Waals surface area (Å²) in [5.74, 6) is -0.222. The predicted octanol–water partition coefficient (Wildman–Crippen LogP) is 3.40. The number of carbonyl (C=O) groups excluding carboxylic acids is 1. The van der Waals surface area contributed by atoms with Gasteiger partial charge in [-0.15, -0.1) is 0 Å². The molecule has 0 bridgehead atoms. The third kappa shape index (κ3) is 4.79. The van der Waals surface area contributed by atoms with Crippen LogP contribution in [0.3, 0.4) is 0 Å². The molecular formula is C17H23N3O3S2. The molecule has 0 aliphatic rings. The lowest BCUT2D eigenvalue weighted by atomic mass is 10.2. The van der Waals surface area contributed by atoms with E-state index in [1.165, 1.54) is 0 Å². The number of aryl methyl sites for hydroxylation is 3. The molecule has 1 heterocycles. The van der Waals surface area contributed by atoms with E-state index in [0.29, 0.717) is 22.7 Å². The van der Waals surface area contributed by atoms with Crippen molar-refractivity contribution in [3.8, 4) is 0 Å². The molecule has 2 N–H and O–H groups in total. The molecule has 136 valence electrons. The number of aromatic nitrogens is 1. The second-order valence-electron chi connectivity index (χ2n) is 5.92. The van der Waals surface area contributed by atoms with Gasteiger partial charge in [0.25, 0.3) is 15.9 Å². The van der Waals surface area contributed by atoms with E-state index in [2.05, 4.69) is 15.0 Å². The van der Waals surface area contributed by atoms with Gasteiger partial charge in [-0.2, -0.15) is 0 Å². The van der Waals surface area contributed by atoms with Gasteiger partial charge in [0.2, 0.25) is 0 Å². The summed E-state index contributed by atoms with van der Waals surface area (Å²) in [4.78, 5) is 17.0. The maximum absolute atomic E-state index is 12.6. The van der Waals surface area contributed by atoms with Crippen LogP contribution in [0.1, 0.15) is 46.3 Å². The lowest BCUT2D eigenvalue weighted by Gasteiger charge is -2.08. The molecule has 0 saturated heterocycles. The van der Waals surface area contributed by atoms with Crippen molar-refractivity contribution in [1.29, 1.82) is 0 Å². The van der Waals surface area contributed by atoms with Crippen LogP contribution in [0.4, 0.5) is 5.13 Å². The molecule has 6 nitrogen and oxygen atoms in total. The Kier molecular flexibility index (Phi) is 6.18. The molecule has 0 aliphatic carbocycles. The largest absolute Gasteiger partial charge is 0.351 e. The third-order valence-corrected chi connectivity index (χ3v) is 6.36. The first-order chi connectivity index (χ1) is 11.7. The Bertz CT molecular complexity index is 873. The number of nitrogens with zero attached hydrogens (tertiary/aromatic N) is 1. The smallest absolute Gasteiger partial charge is 0.263 e. The van der Waals surface area contributed by atoms with Crippen LogP contribution in [-0.4, -0.2) is 25.9 Å². The average molecular weight is 382 g/mol. The van der Waals surface area contributed by atoms with Crippen molar-refractivity contribution in [2.24, 2.45) is 0 Å². The molecular weight excluding hydrogens is 358 g/mol.